The van der Waals surface area contributed by atoms with E-state index in [1.165, 1.54) is 30.4 Å². The summed E-state index contributed by atoms with van der Waals surface area (Å²) in [7, 11) is 6.85. The number of hydrogen-bond donors (Lipinski definition) is 2. The van der Waals surface area contributed by atoms with Crippen LogP contribution in [0.1, 0.15) is 110 Å². The first-order valence-corrected chi connectivity index (χ1v) is 23.8. The SMILES string of the molecule is CCCCCCc1ccccc1C1(C2(c3ccccc3CCCCCC)NC(c3ccc(OC)cc3)(c3ccc(OC)cc3)C(c3ccc(OC)cc3)(c3ccc(OC)cc3)N2)N=CC=N1. The van der Waals surface area contributed by atoms with E-state index in [-0.39, 0.29) is 0 Å². The van der Waals surface area contributed by atoms with Gasteiger partial charge in [-0.2, -0.15) is 0 Å². The van der Waals surface area contributed by atoms with Crippen LogP contribution < -0.4 is 29.6 Å². The first-order valence-electron chi connectivity index (χ1n) is 23.8. The number of aryl methyl sites for hydroxylation is 2. The molecule has 1 saturated heterocycles. The van der Waals surface area contributed by atoms with Crippen LogP contribution >= 0.6 is 0 Å². The van der Waals surface area contributed by atoms with Gasteiger partial charge in [0.1, 0.15) is 28.7 Å². The zero-order valence-corrected chi connectivity index (χ0v) is 39.6. The van der Waals surface area contributed by atoms with Gasteiger partial charge in [0.25, 0.3) is 0 Å². The minimum Gasteiger partial charge on any atom is -0.497 e. The van der Waals surface area contributed by atoms with Crippen molar-refractivity contribution in [1.29, 1.82) is 0 Å². The molecule has 0 aromatic heterocycles. The lowest BCUT2D eigenvalue weighted by atomic mass is 9.63. The number of aliphatic imine (C=N–C) groups is 2. The van der Waals surface area contributed by atoms with Gasteiger partial charge >= 0.3 is 0 Å². The van der Waals surface area contributed by atoms with Crippen molar-refractivity contribution in [2.24, 2.45) is 9.98 Å². The monoisotopic (exact) mass is 883 g/mol. The van der Waals surface area contributed by atoms with Crippen molar-refractivity contribution < 1.29 is 18.9 Å². The lowest BCUT2D eigenvalue weighted by molar-refractivity contribution is 0.156. The third-order valence-electron chi connectivity index (χ3n) is 13.9. The van der Waals surface area contributed by atoms with Crippen molar-refractivity contribution in [3.8, 4) is 23.0 Å². The molecule has 0 unspecified atom stereocenters. The average molecular weight is 883 g/mol. The molecule has 8 heteroatoms. The highest BCUT2D eigenvalue weighted by Crippen LogP contribution is 2.62. The van der Waals surface area contributed by atoms with Crippen LogP contribution in [0.3, 0.4) is 0 Å². The average Bonchev–Trinajstić information content (AvgIpc) is 4.02. The Balaban J connectivity index is 1.56. The molecule has 0 bridgehead atoms. The summed E-state index contributed by atoms with van der Waals surface area (Å²) in [4.78, 5) is 11.4. The number of methoxy groups -OCH3 is 4. The summed E-state index contributed by atoms with van der Waals surface area (Å²) in [5, 5.41) is 9.26. The maximum atomic E-state index is 5.85. The third kappa shape index (κ3) is 8.19. The molecule has 8 rings (SSSR count). The Morgan fingerprint density at radius 1 is 0.394 bits per heavy atom. The molecular weight excluding hydrogens is 817 g/mol. The molecule has 2 aliphatic heterocycles. The van der Waals surface area contributed by atoms with Crippen molar-refractivity contribution in [2.45, 2.75) is 100 Å². The predicted octanol–water partition coefficient (Wildman–Crippen LogP) is 12.2. The van der Waals surface area contributed by atoms with E-state index >= 15 is 0 Å². The van der Waals surface area contributed by atoms with Crippen LogP contribution in [0.5, 0.6) is 23.0 Å². The summed E-state index contributed by atoms with van der Waals surface area (Å²) in [6.07, 6.45) is 14.7. The van der Waals surface area contributed by atoms with Crippen LogP contribution in [0, 0.1) is 0 Å². The van der Waals surface area contributed by atoms with E-state index < -0.39 is 22.4 Å². The zero-order valence-electron chi connectivity index (χ0n) is 39.6. The fourth-order valence-electron chi connectivity index (χ4n) is 10.6. The molecule has 342 valence electrons. The smallest absolute Gasteiger partial charge is 0.211 e. The number of nitrogens with zero attached hydrogens (tertiary/aromatic N) is 2. The number of hydrogen-bond acceptors (Lipinski definition) is 8. The lowest BCUT2D eigenvalue weighted by Gasteiger charge is -2.47. The maximum absolute atomic E-state index is 5.85. The minimum atomic E-state index is -1.24. The van der Waals surface area contributed by atoms with Crippen LogP contribution in [0.2, 0.25) is 0 Å². The van der Waals surface area contributed by atoms with E-state index in [9.17, 15) is 0 Å². The molecule has 0 atom stereocenters. The van der Waals surface area contributed by atoms with Gasteiger partial charge in [-0.15, -0.1) is 0 Å². The third-order valence-corrected chi connectivity index (χ3v) is 13.9. The number of benzene rings is 6. The van der Waals surface area contributed by atoms with Crippen molar-refractivity contribution in [3.05, 3.63) is 190 Å². The van der Waals surface area contributed by atoms with Crippen molar-refractivity contribution in [1.82, 2.24) is 10.6 Å². The quantitative estimate of drug-likeness (QED) is 0.0701. The van der Waals surface area contributed by atoms with Crippen LogP contribution in [0.4, 0.5) is 0 Å². The second-order valence-electron chi connectivity index (χ2n) is 17.6. The highest BCUT2D eigenvalue weighted by molar-refractivity contribution is 6.18. The molecule has 2 heterocycles. The van der Waals surface area contributed by atoms with Crippen LogP contribution in [-0.4, -0.2) is 40.9 Å². The highest BCUT2D eigenvalue weighted by atomic mass is 16.5. The topological polar surface area (TPSA) is 85.7 Å². The van der Waals surface area contributed by atoms with Gasteiger partial charge in [-0.3, -0.25) is 20.6 Å². The summed E-state index contributed by atoms with van der Waals surface area (Å²) in [6, 6.07) is 51.9. The van der Waals surface area contributed by atoms with E-state index in [1.54, 1.807) is 28.4 Å². The molecule has 0 saturated carbocycles. The van der Waals surface area contributed by atoms with Gasteiger partial charge in [0.15, 0.2) is 0 Å². The zero-order chi connectivity index (χ0) is 46.0. The molecule has 6 aromatic rings. The van der Waals surface area contributed by atoms with E-state index in [1.807, 2.05) is 12.4 Å². The Bertz CT molecular complexity index is 2350. The summed E-state index contributed by atoms with van der Waals surface area (Å²) in [5.41, 5.74) is 3.96. The standard InChI is InChI=1S/C58H66N4O4/c1-7-9-11-13-19-43-21-15-17-23-53(43)57(59-41-42-60-57)58(54-24-18-16-22-44(54)20-14-12-10-8-2)61-55(45-25-33-49(63-3)34-26-45,46-27-35-50(64-4)36-28-46)56(62-58,47-29-37-51(65-5)38-30-47)48-31-39-52(66-6)40-32-48/h15-18,21-42,61-62H,7-14,19-20H2,1-6H3. The van der Waals surface area contributed by atoms with Crippen LogP contribution in [-0.2, 0) is 35.2 Å². The Morgan fingerprint density at radius 2 is 0.727 bits per heavy atom. The van der Waals surface area contributed by atoms with E-state index in [4.69, 9.17) is 28.9 Å². The summed E-state index contributed by atoms with van der Waals surface area (Å²) >= 11 is 0. The summed E-state index contributed by atoms with van der Waals surface area (Å²) in [6.45, 7) is 4.53. The summed E-state index contributed by atoms with van der Waals surface area (Å²) in [5.74, 6) is 3.04. The molecule has 6 aromatic carbocycles. The van der Waals surface area contributed by atoms with E-state index in [0.717, 1.165) is 101 Å². The molecule has 2 N–H and O–H groups in total. The van der Waals surface area contributed by atoms with Gasteiger partial charge in [0, 0.05) is 18.0 Å². The lowest BCUT2D eigenvalue weighted by Crippen LogP contribution is -2.62. The van der Waals surface area contributed by atoms with Gasteiger partial charge < -0.3 is 18.9 Å². The minimum absolute atomic E-state index is 0.760. The molecule has 0 spiro atoms. The molecule has 1 fully saturated rings. The predicted molar refractivity (Wildman–Crippen MR) is 269 cm³/mol. The Hall–Kier alpha value is -6.22. The van der Waals surface area contributed by atoms with Gasteiger partial charge in [-0.05, 0) is 113 Å². The van der Waals surface area contributed by atoms with Crippen LogP contribution in [0.15, 0.2) is 156 Å². The molecule has 66 heavy (non-hydrogen) atoms. The largest absolute Gasteiger partial charge is 0.497 e. The number of rotatable bonds is 21. The molecular formula is C58H66N4O4. The van der Waals surface area contributed by atoms with Gasteiger partial charge in [0.2, 0.25) is 5.66 Å². The Labute approximate surface area is 392 Å². The molecule has 2 aliphatic rings. The number of unbranched alkanes of at least 4 members (excludes halogenated alkanes) is 6. The molecule has 8 nitrogen and oxygen atoms in total. The van der Waals surface area contributed by atoms with Crippen LogP contribution in [0.25, 0.3) is 0 Å². The highest BCUT2D eigenvalue weighted by Gasteiger charge is 2.73. The van der Waals surface area contributed by atoms with Gasteiger partial charge in [0.05, 0.1) is 39.5 Å². The maximum Gasteiger partial charge on any atom is 0.211 e. The molecule has 0 amide bonds. The Morgan fingerprint density at radius 3 is 1.08 bits per heavy atom. The van der Waals surface area contributed by atoms with E-state index in [0.29, 0.717) is 0 Å². The van der Waals surface area contributed by atoms with Crippen molar-refractivity contribution >= 4 is 12.4 Å². The fourth-order valence-corrected chi connectivity index (χ4v) is 10.6. The van der Waals surface area contributed by atoms with E-state index in [2.05, 4.69) is 170 Å². The molecule has 0 radical (unpaired) electrons. The second kappa shape index (κ2) is 20.5. The molecule has 0 aliphatic carbocycles. The normalized spacial score (nSPS) is 16.3. The number of ether oxygens (including phenoxy) is 4. The first-order chi connectivity index (χ1) is 32.4. The second-order valence-corrected chi connectivity index (χ2v) is 17.6. The Kier molecular flexibility index (Phi) is 14.4. The van der Waals surface area contributed by atoms with Crippen molar-refractivity contribution in [3.63, 3.8) is 0 Å². The number of nitrogens with one attached hydrogen (secondary N) is 2. The fraction of sp³-hybridized carbons (Fsp3) is 0.345. The summed E-state index contributed by atoms with van der Waals surface area (Å²) < 4.78 is 23.4. The van der Waals surface area contributed by atoms with Gasteiger partial charge in [-0.25, -0.2) is 0 Å². The van der Waals surface area contributed by atoms with Gasteiger partial charge in [-0.1, -0.05) is 149 Å². The first kappa shape index (κ1) is 46.3. The van der Waals surface area contributed by atoms with Crippen molar-refractivity contribution in [2.75, 3.05) is 28.4 Å².